The van der Waals surface area contributed by atoms with Gasteiger partial charge in [0.2, 0.25) is 0 Å². The number of halogens is 1. The topological polar surface area (TPSA) is 62.5 Å². The van der Waals surface area contributed by atoms with E-state index in [2.05, 4.69) is 21.2 Å². The Kier molecular flexibility index (Phi) is 3.87. The van der Waals surface area contributed by atoms with Gasteiger partial charge in [0.15, 0.2) is 0 Å². The average molecular weight is 350 g/mol. The molecule has 1 aliphatic rings. The Morgan fingerprint density at radius 2 is 2.05 bits per heavy atom. The van der Waals surface area contributed by atoms with Gasteiger partial charge in [-0.1, -0.05) is 15.9 Å². The van der Waals surface area contributed by atoms with Gasteiger partial charge in [-0.15, -0.1) is 0 Å². The lowest BCUT2D eigenvalue weighted by atomic mass is 9.94. The van der Waals surface area contributed by atoms with Crippen molar-refractivity contribution in [2.75, 3.05) is 6.54 Å². The first-order chi connectivity index (χ1) is 10.1. The first-order valence-electron chi connectivity index (χ1n) is 6.90. The largest absolute Gasteiger partial charge is 0.466 e. The molecule has 4 nitrogen and oxygen atoms in total. The molecule has 21 heavy (non-hydrogen) atoms. The molecule has 1 fully saturated rings. The Bertz CT molecular complexity index is 619. The highest BCUT2D eigenvalue weighted by atomic mass is 79.9. The lowest BCUT2D eigenvalue weighted by Gasteiger charge is -2.26. The van der Waals surface area contributed by atoms with Crippen LogP contribution in [-0.4, -0.2) is 17.6 Å². The van der Waals surface area contributed by atoms with Crippen LogP contribution in [0.15, 0.2) is 51.6 Å². The van der Waals surface area contributed by atoms with Crippen molar-refractivity contribution >= 4 is 21.8 Å². The van der Waals surface area contributed by atoms with Crippen molar-refractivity contribution in [2.24, 2.45) is 5.92 Å². The van der Waals surface area contributed by atoms with Crippen molar-refractivity contribution in [1.82, 2.24) is 5.32 Å². The summed E-state index contributed by atoms with van der Waals surface area (Å²) < 4.78 is 6.27. The summed E-state index contributed by atoms with van der Waals surface area (Å²) in [5, 5.41) is 13.6. The van der Waals surface area contributed by atoms with Gasteiger partial charge in [0, 0.05) is 10.0 Å². The van der Waals surface area contributed by atoms with E-state index < -0.39 is 5.60 Å². The Hall–Kier alpha value is -1.59. The highest BCUT2D eigenvalue weighted by Crippen LogP contribution is 2.45. The number of hydrogen-bond acceptors (Lipinski definition) is 3. The summed E-state index contributed by atoms with van der Waals surface area (Å²) >= 11 is 3.33. The molecule has 0 radical (unpaired) electrons. The first-order valence-corrected chi connectivity index (χ1v) is 7.69. The van der Waals surface area contributed by atoms with Crippen molar-refractivity contribution in [1.29, 1.82) is 0 Å². The van der Waals surface area contributed by atoms with Crippen LogP contribution in [0, 0.1) is 5.92 Å². The van der Waals surface area contributed by atoms with Crippen LogP contribution in [0.4, 0.5) is 0 Å². The Morgan fingerprint density at radius 1 is 1.33 bits per heavy atom. The number of furan rings is 1. The van der Waals surface area contributed by atoms with Crippen molar-refractivity contribution < 1.29 is 14.3 Å². The summed E-state index contributed by atoms with van der Waals surface area (Å²) in [5.41, 5.74) is -0.551. The highest BCUT2D eigenvalue weighted by Gasteiger charge is 2.47. The van der Waals surface area contributed by atoms with Crippen molar-refractivity contribution in [3.05, 3.63) is 58.5 Å². The zero-order valence-corrected chi connectivity index (χ0v) is 13.0. The van der Waals surface area contributed by atoms with Crippen LogP contribution in [0.1, 0.15) is 29.0 Å². The molecule has 2 N–H and O–H groups in total. The average Bonchev–Trinajstić information content (AvgIpc) is 3.20. The Morgan fingerprint density at radius 3 is 2.62 bits per heavy atom. The number of carbonyl (C=O) groups is 1. The SMILES string of the molecule is O=C(NCC(O)(c1ccco1)C1CC1)c1ccc(Br)cc1. The van der Waals surface area contributed by atoms with E-state index in [9.17, 15) is 9.90 Å². The van der Waals surface area contributed by atoms with Gasteiger partial charge in [0.1, 0.15) is 11.4 Å². The van der Waals surface area contributed by atoms with Gasteiger partial charge in [-0.25, -0.2) is 0 Å². The van der Waals surface area contributed by atoms with Gasteiger partial charge in [-0.3, -0.25) is 4.79 Å². The van der Waals surface area contributed by atoms with Crippen molar-refractivity contribution in [3.63, 3.8) is 0 Å². The smallest absolute Gasteiger partial charge is 0.251 e. The van der Waals surface area contributed by atoms with E-state index in [0.29, 0.717) is 11.3 Å². The summed E-state index contributed by atoms with van der Waals surface area (Å²) in [7, 11) is 0. The minimum absolute atomic E-state index is 0.147. The zero-order valence-electron chi connectivity index (χ0n) is 11.4. The molecule has 1 aromatic carbocycles. The summed E-state index contributed by atoms with van der Waals surface area (Å²) in [6.07, 6.45) is 3.44. The van der Waals surface area contributed by atoms with E-state index in [-0.39, 0.29) is 18.4 Å². The maximum absolute atomic E-state index is 12.1. The van der Waals surface area contributed by atoms with Gasteiger partial charge in [-0.2, -0.15) is 0 Å². The van der Waals surface area contributed by atoms with Crippen molar-refractivity contribution in [2.45, 2.75) is 18.4 Å². The maximum Gasteiger partial charge on any atom is 0.251 e. The second kappa shape index (κ2) is 5.66. The van der Waals surface area contributed by atoms with Crippen LogP contribution in [0.3, 0.4) is 0 Å². The summed E-state index contributed by atoms with van der Waals surface area (Å²) in [6.45, 7) is 0.153. The number of hydrogen-bond donors (Lipinski definition) is 2. The normalized spacial score (nSPS) is 17.2. The fraction of sp³-hybridized carbons (Fsp3) is 0.312. The second-order valence-electron chi connectivity index (χ2n) is 5.37. The minimum Gasteiger partial charge on any atom is -0.466 e. The molecule has 110 valence electrons. The number of carbonyl (C=O) groups excluding carboxylic acids is 1. The second-order valence-corrected chi connectivity index (χ2v) is 6.28. The minimum atomic E-state index is -1.12. The van der Waals surface area contributed by atoms with E-state index in [1.165, 1.54) is 0 Å². The first kappa shape index (κ1) is 14.4. The lowest BCUT2D eigenvalue weighted by molar-refractivity contribution is -0.00610. The zero-order chi connectivity index (χ0) is 14.9. The summed E-state index contributed by atoms with van der Waals surface area (Å²) in [4.78, 5) is 12.1. The lowest BCUT2D eigenvalue weighted by Crippen LogP contribution is -2.42. The van der Waals surface area contributed by atoms with Gasteiger partial charge in [0.05, 0.1) is 12.8 Å². The molecule has 1 amide bonds. The van der Waals surface area contributed by atoms with Crippen LogP contribution in [0.25, 0.3) is 0 Å². The quantitative estimate of drug-likeness (QED) is 0.871. The molecule has 5 heteroatoms. The third kappa shape index (κ3) is 3.04. The molecule has 3 rings (SSSR count). The van der Waals surface area contributed by atoms with Crippen LogP contribution in [0.5, 0.6) is 0 Å². The highest BCUT2D eigenvalue weighted by molar-refractivity contribution is 9.10. The number of aliphatic hydroxyl groups is 1. The van der Waals surface area contributed by atoms with Gasteiger partial charge < -0.3 is 14.8 Å². The number of nitrogens with one attached hydrogen (secondary N) is 1. The van der Waals surface area contributed by atoms with Gasteiger partial charge in [-0.05, 0) is 55.2 Å². The molecule has 0 bridgehead atoms. The number of amides is 1. The van der Waals surface area contributed by atoms with E-state index in [0.717, 1.165) is 17.3 Å². The van der Waals surface area contributed by atoms with Crippen molar-refractivity contribution in [3.8, 4) is 0 Å². The molecule has 1 aromatic heterocycles. The molecule has 0 spiro atoms. The van der Waals surface area contributed by atoms with E-state index in [1.54, 1.807) is 30.5 Å². The van der Waals surface area contributed by atoms with Crippen LogP contribution in [0.2, 0.25) is 0 Å². The van der Waals surface area contributed by atoms with E-state index in [4.69, 9.17) is 4.42 Å². The third-order valence-corrected chi connectivity index (χ3v) is 4.35. The predicted molar refractivity (Wildman–Crippen MR) is 81.8 cm³/mol. The molecular formula is C16H16BrNO3. The summed E-state index contributed by atoms with van der Waals surface area (Å²) in [5.74, 6) is 0.461. The Labute approximate surface area is 131 Å². The third-order valence-electron chi connectivity index (χ3n) is 3.83. The van der Waals surface area contributed by atoms with Crippen LogP contribution < -0.4 is 5.32 Å². The molecule has 0 saturated heterocycles. The fourth-order valence-electron chi connectivity index (χ4n) is 2.44. The standard InChI is InChI=1S/C16H16BrNO3/c17-13-7-3-11(4-8-13)15(19)18-10-16(20,12-5-6-12)14-2-1-9-21-14/h1-4,7-9,12,20H,5-6,10H2,(H,18,19). The maximum atomic E-state index is 12.1. The number of rotatable bonds is 5. The Balaban J connectivity index is 1.70. The fourth-order valence-corrected chi connectivity index (χ4v) is 2.70. The predicted octanol–water partition coefficient (Wildman–Crippen LogP) is 3.07. The monoisotopic (exact) mass is 349 g/mol. The van der Waals surface area contributed by atoms with Crippen LogP contribution in [-0.2, 0) is 5.60 Å². The molecule has 1 atom stereocenters. The molecular weight excluding hydrogens is 334 g/mol. The molecule has 0 aliphatic heterocycles. The summed E-state index contributed by atoms with van der Waals surface area (Å²) in [6, 6.07) is 10.6. The number of benzene rings is 1. The molecule has 1 unspecified atom stereocenters. The van der Waals surface area contributed by atoms with Gasteiger partial charge in [0.25, 0.3) is 5.91 Å². The van der Waals surface area contributed by atoms with E-state index >= 15 is 0 Å². The van der Waals surface area contributed by atoms with Crippen LogP contribution >= 0.6 is 15.9 Å². The van der Waals surface area contributed by atoms with E-state index in [1.807, 2.05) is 12.1 Å². The molecule has 1 heterocycles. The molecule has 1 saturated carbocycles. The molecule has 1 aliphatic carbocycles. The molecule has 2 aromatic rings. The van der Waals surface area contributed by atoms with Gasteiger partial charge >= 0.3 is 0 Å².